The van der Waals surface area contributed by atoms with Crippen molar-refractivity contribution in [2.24, 2.45) is 0 Å². The maximum atomic E-state index is 12.1. The lowest BCUT2D eigenvalue weighted by Gasteiger charge is -2.11. The number of amides is 2. The average molecular weight is 336 g/mol. The van der Waals surface area contributed by atoms with Gasteiger partial charge in [-0.05, 0) is 38.1 Å². The van der Waals surface area contributed by atoms with Crippen LogP contribution in [0.2, 0.25) is 0 Å². The molecule has 3 aromatic rings. The third-order valence-electron chi connectivity index (χ3n) is 3.97. The third-order valence-corrected chi connectivity index (χ3v) is 3.97. The Balaban J connectivity index is 1.68. The highest BCUT2D eigenvalue weighted by Crippen LogP contribution is 2.18. The molecule has 1 aromatic heterocycles. The number of urea groups is 1. The Bertz CT molecular complexity index is 924. The summed E-state index contributed by atoms with van der Waals surface area (Å²) >= 11 is 0. The van der Waals surface area contributed by atoms with Crippen molar-refractivity contribution in [3.05, 3.63) is 59.4 Å². The number of hydrogen-bond acceptors (Lipinski definition) is 4. The SMILES string of the molecule is COc1ccccc1CNC(=O)Nc1ccc2nc(C)c(C)nc2c1. The smallest absolute Gasteiger partial charge is 0.319 e. The first-order valence-electron chi connectivity index (χ1n) is 7.98. The molecule has 2 N–H and O–H groups in total. The monoisotopic (exact) mass is 336 g/mol. The Labute approximate surface area is 146 Å². The molecular weight excluding hydrogens is 316 g/mol. The van der Waals surface area contributed by atoms with Crippen molar-refractivity contribution in [2.45, 2.75) is 20.4 Å². The molecule has 0 fully saturated rings. The Morgan fingerprint density at radius 3 is 2.52 bits per heavy atom. The first-order chi connectivity index (χ1) is 12.1. The Kier molecular flexibility index (Phi) is 4.79. The van der Waals surface area contributed by atoms with Crippen LogP contribution in [0.4, 0.5) is 10.5 Å². The molecule has 0 aliphatic rings. The molecule has 0 spiro atoms. The number of carbonyl (C=O) groups excluding carboxylic acids is 1. The topological polar surface area (TPSA) is 76.1 Å². The molecule has 6 nitrogen and oxygen atoms in total. The second kappa shape index (κ2) is 7.17. The van der Waals surface area contributed by atoms with Gasteiger partial charge in [-0.25, -0.2) is 14.8 Å². The number of hydrogen-bond donors (Lipinski definition) is 2. The minimum atomic E-state index is -0.290. The quantitative estimate of drug-likeness (QED) is 0.763. The normalized spacial score (nSPS) is 10.5. The van der Waals surface area contributed by atoms with Crippen LogP contribution in [-0.4, -0.2) is 23.1 Å². The summed E-state index contributed by atoms with van der Waals surface area (Å²) in [5, 5.41) is 5.64. The van der Waals surface area contributed by atoms with E-state index in [4.69, 9.17) is 4.74 Å². The van der Waals surface area contributed by atoms with Gasteiger partial charge in [0.05, 0.1) is 29.5 Å². The first-order valence-corrected chi connectivity index (χ1v) is 7.98. The summed E-state index contributed by atoms with van der Waals surface area (Å²) in [5.41, 5.74) is 4.93. The second-order valence-electron chi connectivity index (χ2n) is 5.72. The van der Waals surface area contributed by atoms with Crippen molar-refractivity contribution in [2.75, 3.05) is 12.4 Å². The lowest BCUT2D eigenvalue weighted by Crippen LogP contribution is -2.28. The van der Waals surface area contributed by atoms with Crippen LogP contribution in [0.1, 0.15) is 17.0 Å². The van der Waals surface area contributed by atoms with E-state index >= 15 is 0 Å². The molecule has 1 heterocycles. The Morgan fingerprint density at radius 2 is 1.76 bits per heavy atom. The van der Waals surface area contributed by atoms with Gasteiger partial charge in [-0.15, -0.1) is 0 Å². The number of anilines is 1. The number of rotatable bonds is 4. The predicted molar refractivity (Wildman–Crippen MR) is 97.9 cm³/mol. The molecule has 6 heteroatoms. The van der Waals surface area contributed by atoms with Crippen LogP contribution in [0, 0.1) is 13.8 Å². The fourth-order valence-electron chi connectivity index (χ4n) is 2.51. The molecule has 0 saturated carbocycles. The van der Waals surface area contributed by atoms with Crippen molar-refractivity contribution < 1.29 is 9.53 Å². The lowest BCUT2D eigenvalue weighted by molar-refractivity contribution is 0.251. The predicted octanol–water partition coefficient (Wildman–Crippen LogP) is 3.58. The molecule has 0 atom stereocenters. The highest BCUT2D eigenvalue weighted by molar-refractivity contribution is 5.91. The van der Waals surface area contributed by atoms with E-state index in [1.54, 1.807) is 7.11 Å². The number of para-hydroxylation sites is 1. The van der Waals surface area contributed by atoms with Crippen LogP contribution in [0.15, 0.2) is 42.5 Å². The number of fused-ring (bicyclic) bond motifs is 1. The number of nitrogens with zero attached hydrogens (tertiary/aromatic N) is 2. The molecule has 0 saturated heterocycles. The summed E-state index contributed by atoms with van der Waals surface area (Å²) < 4.78 is 5.28. The van der Waals surface area contributed by atoms with E-state index in [1.807, 2.05) is 56.3 Å². The maximum absolute atomic E-state index is 12.1. The van der Waals surface area contributed by atoms with Gasteiger partial charge >= 0.3 is 6.03 Å². The molecule has 0 aliphatic carbocycles. The standard InChI is InChI=1S/C19H20N4O2/c1-12-13(2)22-17-10-15(8-9-16(17)21-12)23-19(24)20-11-14-6-4-5-7-18(14)25-3/h4-10H,11H2,1-3H3,(H2,20,23,24). The van der Waals surface area contributed by atoms with E-state index in [9.17, 15) is 4.79 Å². The minimum Gasteiger partial charge on any atom is -0.496 e. The van der Waals surface area contributed by atoms with Crippen molar-refractivity contribution in [1.82, 2.24) is 15.3 Å². The summed E-state index contributed by atoms with van der Waals surface area (Å²) in [6.07, 6.45) is 0. The molecule has 0 bridgehead atoms. The van der Waals surface area contributed by atoms with Crippen LogP contribution < -0.4 is 15.4 Å². The van der Waals surface area contributed by atoms with Gasteiger partial charge in [0.1, 0.15) is 5.75 Å². The number of ether oxygens (including phenoxy) is 1. The zero-order chi connectivity index (χ0) is 17.8. The Morgan fingerprint density at radius 1 is 1.04 bits per heavy atom. The zero-order valence-electron chi connectivity index (χ0n) is 14.5. The molecule has 0 radical (unpaired) electrons. The number of aromatic nitrogens is 2. The molecule has 3 rings (SSSR count). The van der Waals surface area contributed by atoms with Crippen LogP contribution >= 0.6 is 0 Å². The van der Waals surface area contributed by atoms with Gasteiger partial charge in [-0.1, -0.05) is 18.2 Å². The van der Waals surface area contributed by atoms with Gasteiger partial charge in [0, 0.05) is 17.8 Å². The number of nitrogens with one attached hydrogen (secondary N) is 2. The van der Waals surface area contributed by atoms with Crippen molar-refractivity contribution in [1.29, 1.82) is 0 Å². The number of methoxy groups -OCH3 is 1. The minimum absolute atomic E-state index is 0.290. The molecule has 0 aliphatic heterocycles. The molecule has 0 unspecified atom stereocenters. The number of benzene rings is 2. The van der Waals surface area contributed by atoms with E-state index in [0.717, 1.165) is 33.7 Å². The van der Waals surface area contributed by atoms with E-state index in [-0.39, 0.29) is 6.03 Å². The van der Waals surface area contributed by atoms with E-state index in [2.05, 4.69) is 20.6 Å². The number of carbonyl (C=O) groups is 1. The maximum Gasteiger partial charge on any atom is 0.319 e. The van der Waals surface area contributed by atoms with Crippen molar-refractivity contribution in [3.8, 4) is 5.75 Å². The molecule has 2 amide bonds. The van der Waals surface area contributed by atoms with Gasteiger partial charge in [0.15, 0.2) is 0 Å². The summed E-state index contributed by atoms with van der Waals surface area (Å²) in [6, 6.07) is 12.8. The highest BCUT2D eigenvalue weighted by atomic mass is 16.5. The summed E-state index contributed by atoms with van der Waals surface area (Å²) in [4.78, 5) is 21.1. The first kappa shape index (κ1) is 16.7. The fraction of sp³-hybridized carbons (Fsp3) is 0.211. The van der Waals surface area contributed by atoms with E-state index in [1.165, 1.54) is 0 Å². The van der Waals surface area contributed by atoms with Gasteiger partial charge in [-0.2, -0.15) is 0 Å². The molecule has 25 heavy (non-hydrogen) atoms. The number of aryl methyl sites for hydroxylation is 2. The van der Waals surface area contributed by atoms with Gasteiger partial charge in [-0.3, -0.25) is 0 Å². The largest absolute Gasteiger partial charge is 0.496 e. The van der Waals surface area contributed by atoms with E-state index < -0.39 is 0 Å². The zero-order valence-corrected chi connectivity index (χ0v) is 14.5. The summed E-state index contributed by atoms with van der Waals surface area (Å²) in [7, 11) is 1.61. The van der Waals surface area contributed by atoms with E-state index in [0.29, 0.717) is 12.2 Å². The lowest BCUT2D eigenvalue weighted by atomic mass is 10.2. The molecule has 2 aromatic carbocycles. The van der Waals surface area contributed by atoms with Gasteiger partial charge < -0.3 is 15.4 Å². The van der Waals surface area contributed by atoms with Crippen LogP contribution in [0.25, 0.3) is 11.0 Å². The fourth-order valence-corrected chi connectivity index (χ4v) is 2.51. The molecular formula is C19H20N4O2. The van der Waals surface area contributed by atoms with Crippen LogP contribution in [0.5, 0.6) is 5.75 Å². The van der Waals surface area contributed by atoms with Crippen LogP contribution in [-0.2, 0) is 6.54 Å². The van der Waals surface area contributed by atoms with Gasteiger partial charge in [0.2, 0.25) is 0 Å². The third kappa shape index (κ3) is 3.85. The Hall–Kier alpha value is -3.15. The van der Waals surface area contributed by atoms with Gasteiger partial charge in [0.25, 0.3) is 0 Å². The molecule has 128 valence electrons. The average Bonchev–Trinajstić information content (AvgIpc) is 2.61. The van der Waals surface area contributed by atoms with Crippen molar-refractivity contribution in [3.63, 3.8) is 0 Å². The van der Waals surface area contributed by atoms with Crippen LogP contribution in [0.3, 0.4) is 0 Å². The highest BCUT2D eigenvalue weighted by Gasteiger charge is 2.07. The van der Waals surface area contributed by atoms with Crippen molar-refractivity contribution >= 4 is 22.8 Å². The summed E-state index contributed by atoms with van der Waals surface area (Å²) in [6.45, 7) is 4.22. The second-order valence-corrected chi connectivity index (χ2v) is 5.72. The summed E-state index contributed by atoms with van der Waals surface area (Å²) in [5.74, 6) is 0.745.